The zero-order valence-electron chi connectivity index (χ0n) is 12.9. The molecule has 0 aromatic carbocycles. The average Bonchev–Trinajstić information content (AvgIpc) is 2.37. The van der Waals surface area contributed by atoms with Gasteiger partial charge >= 0.3 is 0 Å². The fraction of sp³-hybridized carbons (Fsp3) is 0.857. The molecule has 0 radical (unpaired) electrons. The predicted octanol–water partition coefficient (Wildman–Crippen LogP) is 0.583. The van der Waals surface area contributed by atoms with Gasteiger partial charge in [0.2, 0.25) is 5.91 Å². The summed E-state index contributed by atoms with van der Waals surface area (Å²) >= 11 is 5.12. The Morgan fingerprint density at radius 3 is 2.35 bits per heavy atom. The number of thiocarbonyl (C=S) groups is 1. The number of nitrogens with one attached hydrogen (secondary N) is 1. The number of nitrogens with zero attached hydrogens (tertiary/aromatic N) is 2. The number of piperazine rings is 1. The second-order valence-corrected chi connectivity index (χ2v) is 6.15. The molecule has 1 rings (SSSR count). The van der Waals surface area contributed by atoms with Crippen LogP contribution in [0, 0.1) is 0 Å². The van der Waals surface area contributed by atoms with Crippen LogP contribution < -0.4 is 11.1 Å². The second-order valence-electron chi connectivity index (χ2n) is 5.68. The van der Waals surface area contributed by atoms with Gasteiger partial charge in [0.05, 0.1) is 11.0 Å². The van der Waals surface area contributed by atoms with Crippen LogP contribution in [0.5, 0.6) is 0 Å². The number of carbonyl (C=O) groups excluding carboxylic acids is 1. The van der Waals surface area contributed by atoms with E-state index in [0.717, 1.165) is 39.1 Å². The van der Waals surface area contributed by atoms with Crippen molar-refractivity contribution in [2.45, 2.75) is 45.7 Å². The Labute approximate surface area is 127 Å². The van der Waals surface area contributed by atoms with Crippen molar-refractivity contribution >= 4 is 23.1 Å². The summed E-state index contributed by atoms with van der Waals surface area (Å²) in [6, 6.07) is 0.437. The molecule has 0 spiro atoms. The van der Waals surface area contributed by atoms with Crippen LogP contribution in [0.2, 0.25) is 0 Å². The van der Waals surface area contributed by atoms with E-state index in [2.05, 4.69) is 22.0 Å². The zero-order chi connectivity index (χ0) is 15.1. The van der Waals surface area contributed by atoms with Crippen LogP contribution in [0.25, 0.3) is 0 Å². The molecule has 1 unspecified atom stereocenters. The van der Waals surface area contributed by atoms with E-state index < -0.39 is 0 Å². The highest BCUT2D eigenvalue weighted by atomic mass is 32.1. The summed E-state index contributed by atoms with van der Waals surface area (Å²) in [5.41, 5.74) is 5.78. The lowest BCUT2D eigenvalue weighted by molar-refractivity contribution is -0.122. The molecule has 1 fully saturated rings. The molecule has 1 atom stereocenters. The molecule has 6 heteroatoms. The van der Waals surface area contributed by atoms with E-state index in [-0.39, 0.29) is 18.0 Å². The largest absolute Gasteiger partial charge is 0.392 e. The SMILES string of the molecule is CCC(C(N)=S)N1CCN(CCC(=O)NC(C)C)CC1. The predicted molar refractivity (Wildman–Crippen MR) is 86.8 cm³/mol. The highest BCUT2D eigenvalue weighted by Gasteiger charge is 2.24. The summed E-state index contributed by atoms with van der Waals surface area (Å²) < 4.78 is 0. The third kappa shape index (κ3) is 5.73. The maximum Gasteiger partial charge on any atom is 0.221 e. The standard InChI is InChI=1S/C14H28N4OS/c1-4-12(14(15)20)18-9-7-17(8-10-18)6-5-13(19)16-11(2)3/h11-12H,4-10H2,1-3H3,(H2,15,20)(H,16,19). The van der Waals surface area contributed by atoms with Crippen LogP contribution in [-0.4, -0.2) is 65.5 Å². The first kappa shape index (κ1) is 17.3. The van der Waals surface area contributed by atoms with Gasteiger partial charge in [-0.25, -0.2) is 0 Å². The van der Waals surface area contributed by atoms with Crippen LogP contribution in [-0.2, 0) is 4.79 Å². The van der Waals surface area contributed by atoms with Crippen LogP contribution in [0.4, 0.5) is 0 Å². The highest BCUT2D eigenvalue weighted by molar-refractivity contribution is 7.80. The Bertz CT molecular complexity index is 327. The highest BCUT2D eigenvalue weighted by Crippen LogP contribution is 2.10. The van der Waals surface area contributed by atoms with E-state index in [4.69, 9.17) is 18.0 Å². The van der Waals surface area contributed by atoms with E-state index in [9.17, 15) is 4.79 Å². The Balaban J connectivity index is 2.28. The summed E-state index contributed by atoms with van der Waals surface area (Å²) in [6.45, 7) is 10.8. The van der Waals surface area contributed by atoms with Crippen LogP contribution >= 0.6 is 12.2 Å². The van der Waals surface area contributed by atoms with Gasteiger partial charge in [0, 0.05) is 45.2 Å². The number of nitrogens with two attached hydrogens (primary N) is 1. The molecule has 5 nitrogen and oxygen atoms in total. The molecule has 1 aliphatic heterocycles. The van der Waals surface area contributed by atoms with Gasteiger partial charge < -0.3 is 16.0 Å². The summed E-state index contributed by atoms with van der Waals surface area (Å²) in [7, 11) is 0. The maximum atomic E-state index is 11.6. The van der Waals surface area contributed by atoms with E-state index in [1.165, 1.54) is 0 Å². The van der Waals surface area contributed by atoms with Gasteiger partial charge in [-0.2, -0.15) is 0 Å². The average molecular weight is 300 g/mol. The lowest BCUT2D eigenvalue weighted by Crippen LogP contribution is -2.53. The molecule has 0 saturated carbocycles. The quantitative estimate of drug-likeness (QED) is 0.674. The molecule has 0 aromatic rings. The van der Waals surface area contributed by atoms with E-state index in [0.29, 0.717) is 11.4 Å². The van der Waals surface area contributed by atoms with Gasteiger partial charge in [-0.3, -0.25) is 9.69 Å². The first-order valence-corrected chi connectivity index (χ1v) is 7.90. The Hall–Kier alpha value is -0.720. The first-order valence-electron chi connectivity index (χ1n) is 7.49. The van der Waals surface area contributed by atoms with Gasteiger partial charge in [0.25, 0.3) is 0 Å². The summed E-state index contributed by atoms with van der Waals surface area (Å²) in [4.78, 5) is 16.9. The molecule has 1 aliphatic rings. The topological polar surface area (TPSA) is 61.6 Å². The van der Waals surface area contributed by atoms with Crippen LogP contribution in [0.1, 0.15) is 33.6 Å². The lowest BCUT2D eigenvalue weighted by atomic mass is 10.1. The fourth-order valence-corrected chi connectivity index (χ4v) is 2.91. The molecule has 0 aliphatic carbocycles. The first-order chi connectivity index (χ1) is 9.43. The molecule has 116 valence electrons. The molecule has 0 bridgehead atoms. The number of hydrogen-bond donors (Lipinski definition) is 2. The van der Waals surface area contributed by atoms with E-state index in [1.54, 1.807) is 0 Å². The molecule has 3 N–H and O–H groups in total. The Kier molecular flexibility index (Phi) is 7.40. The minimum atomic E-state index is 0.136. The van der Waals surface area contributed by atoms with Crippen molar-refractivity contribution in [3.05, 3.63) is 0 Å². The van der Waals surface area contributed by atoms with Crippen LogP contribution in [0.15, 0.2) is 0 Å². The van der Waals surface area contributed by atoms with Crippen molar-refractivity contribution in [2.75, 3.05) is 32.7 Å². The summed E-state index contributed by atoms with van der Waals surface area (Å²) in [6.07, 6.45) is 1.54. The monoisotopic (exact) mass is 300 g/mol. The van der Waals surface area contributed by atoms with Crippen molar-refractivity contribution < 1.29 is 4.79 Å². The van der Waals surface area contributed by atoms with Gasteiger partial charge in [-0.1, -0.05) is 19.1 Å². The molecular weight excluding hydrogens is 272 g/mol. The zero-order valence-corrected chi connectivity index (χ0v) is 13.7. The Morgan fingerprint density at radius 2 is 1.90 bits per heavy atom. The molecule has 20 heavy (non-hydrogen) atoms. The molecule has 0 aromatic heterocycles. The van der Waals surface area contributed by atoms with Crippen LogP contribution in [0.3, 0.4) is 0 Å². The molecule has 1 amide bonds. The molecule has 1 saturated heterocycles. The van der Waals surface area contributed by atoms with Crippen molar-refractivity contribution in [2.24, 2.45) is 5.73 Å². The number of rotatable bonds is 7. The third-order valence-corrected chi connectivity index (χ3v) is 3.94. The summed E-state index contributed by atoms with van der Waals surface area (Å²) in [5.74, 6) is 0.136. The van der Waals surface area contributed by atoms with Crippen molar-refractivity contribution in [1.82, 2.24) is 15.1 Å². The number of carbonyl (C=O) groups is 1. The fourth-order valence-electron chi connectivity index (χ4n) is 2.59. The van der Waals surface area contributed by atoms with E-state index >= 15 is 0 Å². The minimum Gasteiger partial charge on any atom is -0.392 e. The molecular formula is C14H28N4OS. The summed E-state index contributed by atoms with van der Waals surface area (Å²) in [5, 5.41) is 2.92. The van der Waals surface area contributed by atoms with Crippen molar-refractivity contribution in [1.29, 1.82) is 0 Å². The van der Waals surface area contributed by atoms with Gasteiger partial charge in [-0.05, 0) is 20.3 Å². The third-order valence-electron chi connectivity index (χ3n) is 3.67. The van der Waals surface area contributed by atoms with E-state index in [1.807, 2.05) is 13.8 Å². The minimum absolute atomic E-state index is 0.136. The number of hydrogen-bond acceptors (Lipinski definition) is 4. The van der Waals surface area contributed by atoms with Crippen molar-refractivity contribution in [3.8, 4) is 0 Å². The smallest absolute Gasteiger partial charge is 0.221 e. The maximum absolute atomic E-state index is 11.6. The van der Waals surface area contributed by atoms with Gasteiger partial charge in [-0.15, -0.1) is 0 Å². The lowest BCUT2D eigenvalue weighted by Gasteiger charge is -2.38. The van der Waals surface area contributed by atoms with Gasteiger partial charge in [0.15, 0.2) is 0 Å². The van der Waals surface area contributed by atoms with Crippen molar-refractivity contribution in [3.63, 3.8) is 0 Å². The number of amides is 1. The molecule has 1 heterocycles. The second kappa shape index (κ2) is 8.54. The normalized spacial score (nSPS) is 19.0. The Morgan fingerprint density at radius 1 is 1.30 bits per heavy atom. The van der Waals surface area contributed by atoms with Gasteiger partial charge in [0.1, 0.15) is 0 Å².